The zero-order valence-electron chi connectivity index (χ0n) is 20.6. The van der Waals surface area contributed by atoms with E-state index in [1.54, 1.807) is 36.0 Å². The van der Waals surface area contributed by atoms with Crippen molar-refractivity contribution in [1.29, 1.82) is 0 Å². The first-order valence-corrected chi connectivity index (χ1v) is 12.0. The number of carbonyl (C=O) groups excluding carboxylic acids is 1. The lowest BCUT2D eigenvalue weighted by Crippen LogP contribution is -2.54. The van der Waals surface area contributed by atoms with E-state index in [1.807, 2.05) is 24.3 Å². The third kappa shape index (κ3) is 4.33. The van der Waals surface area contributed by atoms with Crippen LogP contribution in [0.1, 0.15) is 36.6 Å². The number of nitrogens with zero attached hydrogens (tertiary/aromatic N) is 4. The number of amidine groups is 1. The van der Waals surface area contributed by atoms with E-state index >= 15 is 0 Å². The topological polar surface area (TPSA) is 98.4 Å². The van der Waals surface area contributed by atoms with Crippen LogP contribution in [-0.2, 0) is 26.7 Å². The van der Waals surface area contributed by atoms with Gasteiger partial charge in [-0.2, -0.15) is 0 Å². The summed E-state index contributed by atoms with van der Waals surface area (Å²) in [5.41, 5.74) is 1.92. The average molecular weight is 507 g/mol. The Bertz CT molecular complexity index is 1370. The second-order valence-corrected chi connectivity index (χ2v) is 8.66. The van der Waals surface area contributed by atoms with E-state index in [-0.39, 0.29) is 13.2 Å². The standard InChI is InChI=1S/C27H27FN4O5/c1-3-36-26(34)27(20-7-9-21(28)10-8-20)32-12-4-5-19(25(32)30-37-27)13-18-6-11-23(24(14-18)35-2)31-15-22(16-33)29-17-31/h6-11,13-15,17,33H,3-5,12,16H2,1-2H3/b19-13+. The van der Waals surface area contributed by atoms with Crippen LogP contribution in [-0.4, -0.2) is 51.6 Å². The normalized spacial score (nSPS) is 19.8. The highest BCUT2D eigenvalue weighted by atomic mass is 19.1. The number of benzene rings is 2. The minimum absolute atomic E-state index is 0.147. The van der Waals surface area contributed by atoms with E-state index in [0.29, 0.717) is 29.4 Å². The second kappa shape index (κ2) is 10.1. The number of oxime groups is 1. The number of halogens is 1. The highest BCUT2D eigenvalue weighted by Gasteiger charge is 2.57. The Hall–Kier alpha value is -4.18. The van der Waals surface area contributed by atoms with E-state index < -0.39 is 17.5 Å². The lowest BCUT2D eigenvalue weighted by molar-refractivity contribution is -0.189. The van der Waals surface area contributed by atoms with Gasteiger partial charge in [-0.05, 0) is 73.4 Å². The van der Waals surface area contributed by atoms with Crippen LogP contribution < -0.4 is 4.74 Å². The number of carbonyl (C=O) groups is 1. The molecule has 37 heavy (non-hydrogen) atoms. The van der Waals surface area contributed by atoms with Gasteiger partial charge in [0.1, 0.15) is 11.6 Å². The molecule has 1 atom stereocenters. The fourth-order valence-electron chi connectivity index (χ4n) is 4.68. The summed E-state index contributed by atoms with van der Waals surface area (Å²) in [5.74, 6) is 0.145. The molecule has 3 aromatic rings. The maximum absolute atomic E-state index is 13.7. The van der Waals surface area contributed by atoms with Gasteiger partial charge in [-0.25, -0.2) is 14.2 Å². The SMILES string of the molecule is CCOC(=O)C1(c2ccc(F)cc2)ON=C2/C(=C/c3ccc(-n4cnc(CO)c4)c(OC)c3)CCCN21. The van der Waals surface area contributed by atoms with Crippen molar-refractivity contribution in [1.82, 2.24) is 14.5 Å². The molecule has 10 heteroatoms. The van der Waals surface area contributed by atoms with Crippen LogP contribution in [0.15, 0.2) is 65.7 Å². The number of aliphatic hydroxyl groups excluding tert-OH is 1. The van der Waals surface area contributed by atoms with Gasteiger partial charge in [0.15, 0.2) is 5.84 Å². The Kier molecular flexibility index (Phi) is 6.66. The molecule has 1 N–H and O–H groups in total. The summed E-state index contributed by atoms with van der Waals surface area (Å²) in [7, 11) is 1.59. The zero-order chi connectivity index (χ0) is 26.0. The van der Waals surface area contributed by atoms with E-state index in [2.05, 4.69) is 10.1 Å². The molecule has 2 aromatic carbocycles. The van der Waals surface area contributed by atoms with Gasteiger partial charge in [-0.3, -0.25) is 0 Å². The summed E-state index contributed by atoms with van der Waals surface area (Å²) in [6, 6.07) is 11.4. The summed E-state index contributed by atoms with van der Waals surface area (Å²) in [4.78, 5) is 25.0. The number of rotatable bonds is 7. The number of hydrogen-bond acceptors (Lipinski definition) is 8. The minimum atomic E-state index is -1.62. The smallest absolute Gasteiger partial charge is 0.380 e. The summed E-state index contributed by atoms with van der Waals surface area (Å²) in [6.07, 6.45) is 6.83. The van der Waals surface area contributed by atoms with Gasteiger partial charge in [0.05, 0.1) is 38.0 Å². The number of aromatic nitrogens is 2. The lowest BCUT2D eigenvalue weighted by Gasteiger charge is -2.37. The van der Waals surface area contributed by atoms with E-state index in [0.717, 1.165) is 29.7 Å². The molecule has 1 unspecified atom stereocenters. The van der Waals surface area contributed by atoms with Crippen LogP contribution in [0.4, 0.5) is 4.39 Å². The fraction of sp³-hybridized carbons (Fsp3) is 0.296. The number of ether oxygens (including phenoxy) is 2. The van der Waals surface area contributed by atoms with Gasteiger partial charge in [-0.1, -0.05) is 11.2 Å². The summed E-state index contributed by atoms with van der Waals surface area (Å²) >= 11 is 0. The third-order valence-corrected chi connectivity index (χ3v) is 6.42. The van der Waals surface area contributed by atoms with Crippen LogP contribution in [0, 0.1) is 5.82 Å². The second-order valence-electron chi connectivity index (χ2n) is 8.66. The van der Waals surface area contributed by atoms with Crippen LogP contribution >= 0.6 is 0 Å². The third-order valence-electron chi connectivity index (χ3n) is 6.42. The van der Waals surface area contributed by atoms with Crippen molar-refractivity contribution in [2.75, 3.05) is 20.3 Å². The maximum atomic E-state index is 13.7. The first-order chi connectivity index (χ1) is 18.0. The van der Waals surface area contributed by atoms with Gasteiger partial charge in [0.2, 0.25) is 0 Å². The number of piperidine rings is 1. The molecule has 1 saturated heterocycles. The lowest BCUT2D eigenvalue weighted by atomic mass is 9.94. The predicted molar refractivity (Wildman–Crippen MR) is 133 cm³/mol. The van der Waals surface area contributed by atoms with Crippen LogP contribution in [0.5, 0.6) is 5.75 Å². The Morgan fingerprint density at radius 1 is 1.27 bits per heavy atom. The number of imidazole rings is 1. The zero-order valence-corrected chi connectivity index (χ0v) is 20.6. The fourth-order valence-corrected chi connectivity index (χ4v) is 4.68. The molecule has 0 amide bonds. The molecule has 1 fully saturated rings. The largest absolute Gasteiger partial charge is 0.495 e. The molecular formula is C27H27FN4O5. The number of hydrogen-bond donors (Lipinski definition) is 1. The summed E-state index contributed by atoms with van der Waals surface area (Å²) in [6.45, 7) is 2.26. The van der Waals surface area contributed by atoms with Gasteiger partial charge in [-0.15, -0.1) is 0 Å². The number of fused-ring (bicyclic) bond motifs is 1. The van der Waals surface area contributed by atoms with Crippen molar-refractivity contribution in [2.24, 2.45) is 5.16 Å². The summed E-state index contributed by atoms with van der Waals surface area (Å²) in [5, 5.41) is 13.6. The van der Waals surface area contributed by atoms with Crippen LogP contribution in [0.2, 0.25) is 0 Å². The van der Waals surface area contributed by atoms with E-state index in [4.69, 9.17) is 14.3 Å². The van der Waals surface area contributed by atoms with E-state index in [1.165, 1.54) is 24.3 Å². The molecule has 0 spiro atoms. The van der Waals surface area contributed by atoms with Gasteiger partial charge < -0.3 is 28.9 Å². The Morgan fingerprint density at radius 2 is 2.08 bits per heavy atom. The molecular weight excluding hydrogens is 479 g/mol. The highest BCUT2D eigenvalue weighted by Crippen LogP contribution is 2.41. The molecule has 0 radical (unpaired) electrons. The quantitative estimate of drug-likeness (QED) is 0.488. The van der Waals surface area contributed by atoms with Crippen molar-refractivity contribution < 1.29 is 28.6 Å². The molecule has 1 aromatic heterocycles. The first-order valence-electron chi connectivity index (χ1n) is 12.0. The number of aliphatic hydroxyl groups is 1. The van der Waals surface area contributed by atoms with Crippen molar-refractivity contribution in [3.05, 3.63) is 83.2 Å². The van der Waals surface area contributed by atoms with Gasteiger partial charge in [0, 0.05) is 18.3 Å². The molecule has 0 saturated carbocycles. The Labute approximate surface area is 213 Å². The maximum Gasteiger partial charge on any atom is 0.380 e. The molecule has 0 aliphatic carbocycles. The van der Waals surface area contributed by atoms with Crippen LogP contribution in [0.25, 0.3) is 11.8 Å². The molecule has 2 aliphatic heterocycles. The van der Waals surface area contributed by atoms with Gasteiger partial charge in [0.25, 0.3) is 0 Å². The number of methoxy groups -OCH3 is 1. The Morgan fingerprint density at radius 3 is 2.78 bits per heavy atom. The van der Waals surface area contributed by atoms with Gasteiger partial charge >= 0.3 is 11.7 Å². The van der Waals surface area contributed by atoms with Crippen molar-refractivity contribution in [2.45, 2.75) is 32.1 Å². The van der Waals surface area contributed by atoms with Crippen molar-refractivity contribution in [3.63, 3.8) is 0 Å². The Balaban J connectivity index is 1.49. The molecule has 3 heterocycles. The minimum Gasteiger partial charge on any atom is -0.495 e. The average Bonchev–Trinajstić information content (AvgIpc) is 3.56. The van der Waals surface area contributed by atoms with Crippen molar-refractivity contribution >= 4 is 17.9 Å². The highest BCUT2D eigenvalue weighted by molar-refractivity contribution is 6.06. The summed E-state index contributed by atoms with van der Waals surface area (Å²) < 4.78 is 26.5. The van der Waals surface area contributed by atoms with E-state index in [9.17, 15) is 14.3 Å². The van der Waals surface area contributed by atoms with Crippen LogP contribution in [0.3, 0.4) is 0 Å². The monoisotopic (exact) mass is 506 g/mol. The van der Waals surface area contributed by atoms with Crippen molar-refractivity contribution in [3.8, 4) is 11.4 Å². The molecule has 9 nitrogen and oxygen atoms in total. The molecule has 2 aliphatic rings. The first kappa shape index (κ1) is 24.5. The molecule has 0 bridgehead atoms. The molecule has 192 valence electrons. The predicted octanol–water partition coefficient (Wildman–Crippen LogP) is 3.75. The molecule has 5 rings (SSSR count). The number of esters is 1.